The predicted octanol–water partition coefficient (Wildman–Crippen LogP) is 1.42. The molecule has 88 valence electrons. The molecule has 1 aliphatic heterocycles. The number of phenols is 1. The van der Waals surface area contributed by atoms with E-state index in [1.54, 1.807) is 6.07 Å². The van der Waals surface area contributed by atoms with Gasteiger partial charge in [-0.15, -0.1) is 0 Å². The Labute approximate surface area is 95.6 Å². The summed E-state index contributed by atoms with van der Waals surface area (Å²) in [7, 11) is 0. The SMILES string of the molecule is CC(C)N1c2cccc(O)c2CC1CON. The van der Waals surface area contributed by atoms with Crippen molar-refractivity contribution in [1.82, 2.24) is 0 Å². The van der Waals surface area contributed by atoms with Crippen LogP contribution < -0.4 is 10.8 Å². The minimum atomic E-state index is 0.216. The normalized spacial score (nSPS) is 19.2. The van der Waals surface area contributed by atoms with Crippen molar-refractivity contribution >= 4 is 5.69 Å². The van der Waals surface area contributed by atoms with Gasteiger partial charge in [0.25, 0.3) is 0 Å². The van der Waals surface area contributed by atoms with E-state index in [-0.39, 0.29) is 6.04 Å². The summed E-state index contributed by atoms with van der Waals surface area (Å²) in [6, 6.07) is 6.21. The Bertz CT molecular complexity index is 379. The summed E-state index contributed by atoms with van der Waals surface area (Å²) in [6.45, 7) is 4.73. The third-order valence-electron chi connectivity index (χ3n) is 3.08. The summed E-state index contributed by atoms with van der Waals surface area (Å²) < 4.78 is 0. The van der Waals surface area contributed by atoms with E-state index in [0.29, 0.717) is 18.4 Å². The first-order valence-electron chi connectivity index (χ1n) is 5.56. The van der Waals surface area contributed by atoms with Crippen LogP contribution in [0.3, 0.4) is 0 Å². The van der Waals surface area contributed by atoms with E-state index in [2.05, 4.69) is 18.7 Å². The van der Waals surface area contributed by atoms with Crippen LogP contribution in [-0.4, -0.2) is 23.8 Å². The molecule has 1 heterocycles. The van der Waals surface area contributed by atoms with Crippen molar-refractivity contribution in [2.45, 2.75) is 32.4 Å². The lowest BCUT2D eigenvalue weighted by Crippen LogP contribution is -2.41. The Morgan fingerprint density at radius 3 is 2.94 bits per heavy atom. The largest absolute Gasteiger partial charge is 0.508 e. The van der Waals surface area contributed by atoms with Gasteiger partial charge < -0.3 is 14.8 Å². The Hall–Kier alpha value is -1.26. The van der Waals surface area contributed by atoms with Crippen molar-refractivity contribution in [3.63, 3.8) is 0 Å². The molecule has 1 aliphatic rings. The lowest BCUT2D eigenvalue weighted by molar-refractivity contribution is 0.122. The molecule has 0 fully saturated rings. The standard InChI is InChI=1S/C12H18N2O2/c1-8(2)14-9(7-16-13)6-10-11(14)4-3-5-12(10)15/h3-5,8-9,15H,6-7,13H2,1-2H3. The van der Waals surface area contributed by atoms with Crippen molar-refractivity contribution in [1.29, 1.82) is 0 Å². The topological polar surface area (TPSA) is 58.7 Å². The molecule has 0 radical (unpaired) electrons. The van der Waals surface area contributed by atoms with Gasteiger partial charge >= 0.3 is 0 Å². The monoisotopic (exact) mass is 222 g/mol. The number of fused-ring (bicyclic) bond motifs is 1. The van der Waals surface area contributed by atoms with E-state index >= 15 is 0 Å². The average molecular weight is 222 g/mol. The highest BCUT2D eigenvalue weighted by atomic mass is 16.6. The third-order valence-corrected chi connectivity index (χ3v) is 3.08. The maximum Gasteiger partial charge on any atom is 0.120 e. The number of nitrogens with zero attached hydrogens (tertiary/aromatic N) is 1. The molecule has 1 unspecified atom stereocenters. The van der Waals surface area contributed by atoms with Gasteiger partial charge in [0.1, 0.15) is 5.75 Å². The molecule has 0 aromatic heterocycles. The van der Waals surface area contributed by atoms with Crippen LogP contribution in [0.25, 0.3) is 0 Å². The van der Waals surface area contributed by atoms with E-state index in [1.165, 1.54) is 0 Å². The van der Waals surface area contributed by atoms with Gasteiger partial charge in [0.05, 0.1) is 12.6 Å². The second kappa shape index (κ2) is 4.31. The van der Waals surface area contributed by atoms with Gasteiger partial charge in [-0.3, -0.25) is 0 Å². The van der Waals surface area contributed by atoms with Crippen molar-refractivity contribution in [2.24, 2.45) is 5.90 Å². The molecule has 2 rings (SSSR count). The van der Waals surface area contributed by atoms with Gasteiger partial charge in [-0.05, 0) is 26.0 Å². The average Bonchev–Trinajstić information content (AvgIpc) is 2.58. The molecule has 1 aromatic rings. The van der Waals surface area contributed by atoms with Crippen LogP contribution in [0.1, 0.15) is 19.4 Å². The van der Waals surface area contributed by atoms with E-state index in [4.69, 9.17) is 10.7 Å². The maximum absolute atomic E-state index is 9.82. The Balaban J connectivity index is 2.37. The summed E-state index contributed by atoms with van der Waals surface area (Å²) in [6.07, 6.45) is 0.789. The van der Waals surface area contributed by atoms with Crippen LogP contribution in [0.2, 0.25) is 0 Å². The van der Waals surface area contributed by atoms with Crippen molar-refractivity contribution in [3.8, 4) is 5.75 Å². The molecule has 0 aliphatic carbocycles. The number of phenolic OH excluding ortho intramolecular Hbond substituents is 1. The van der Waals surface area contributed by atoms with Crippen LogP contribution in [-0.2, 0) is 11.3 Å². The van der Waals surface area contributed by atoms with Crippen LogP contribution in [0.4, 0.5) is 5.69 Å². The highest BCUT2D eigenvalue weighted by Crippen LogP contribution is 2.38. The summed E-state index contributed by atoms with van der Waals surface area (Å²) in [5.74, 6) is 5.52. The minimum Gasteiger partial charge on any atom is -0.508 e. The Morgan fingerprint density at radius 1 is 1.56 bits per heavy atom. The van der Waals surface area contributed by atoms with E-state index in [0.717, 1.165) is 17.7 Å². The van der Waals surface area contributed by atoms with Crippen LogP contribution in [0.5, 0.6) is 5.75 Å². The van der Waals surface area contributed by atoms with Gasteiger partial charge in [0.15, 0.2) is 0 Å². The van der Waals surface area contributed by atoms with E-state index < -0.39 is 0 Å². The lowest BCUT2D eigenvalue weighted by Gasteiger charge is -2.30. The molecule has 0 saturated carbocycles. The van der Waals surface area contributed by atoms with Crippen molar-refractivity contribution in [3.05, 3.63) is 23.8 Å². The number of rotatable bonds is 3. The summed E-state index contributed by atoms with van der Waals surface area (Å²) in [5, 5.41) is 9.82. The molecule has 16 heavy (non-hydrogen) atoms. The molecule has 4 heteroatoms. The van der Waals surface area contributed by atoms with Crippen molar-refractivity contribution < 1.29 is 9.94 Å². The van der Waals surface area contributed by atoms with Gasteiger partial charge in [-0.2, -0.15) is 0 Å². The molecular formula is C12H18N2O2. The quantitative estimate of drug-likeness (QED) is 0.759. The maximum atomic E-state index is 9.82. The van der Waals surface area contributed by atoms with Gasteiger partial charge in [-0.25, -0.2) is 5.90 Å². The number of nitrogens with two attached hydrogens (primary N) is 1. The fraction of sp³-hybridized carbons (Fsp3) is 0.500. The Kier molecular flexibility index (Phi) is 3.03. The first kappa shape index (κ1) is 11.2. The summed E-state index contributed by atoms with van der Waals surface area (Å²) >= 11 is 0. The molecule has 1 aromatic carbocycles. The Morgan fingerprint density at radius 2 is 2.31 bits per heavy atom. The van der Waals surface area contributed by atoms with Crippen LogP contribution in [0.15, 0.2) is 18.2 Å². The van der Waals surface area contributed by atoms with E-state index in [1.807, 2.05) is 12.1 Å². The fourth-order valence-electron chi connectivity index (χ4n) is 2.49. The molecular weight excluding hydrogens is 204 g/mol. The summed E-state index contributed by atoms with van der Waals surface area (Å²) in [5.41, 5.74) is 2.09. The third kappa shape index (κ3) is 1.74. The number of hydrogen-bond donors (Lipinski definition) is 2. The lowest BCUT2D eigenvalue weighted by atomic mass is 10.1. The number of aromatic hydroxyl groups is 1. The van der Waals surface area contributed by atoms with Crippen LogP contribution >= 0.6 is 0 Å². The second-order valence-corrected chi connectivity index (χ2v) is 4.47. The molecule has 0 amide bonds. The van der Waals surface area contributed by atoms with Gasteiger partial charge in [0, 0.05) is 23.7 Å². The fourth-order valence-corrected chi connectivity index (χ4v) is 2.49. The molecule has 4 nitrogen and oxygen atoms in total. The van der Waals surface area contributed by atoms with Crippen LogP contribution in [0, 0.1) is 0 Å². The zero-order chi connectivity index (χ0) is 11.7. The highest BCUT2D eigenvalue weighted by Gasteiger charge is 2.32. The predicted molar refractivity (Wildman–Crippen MR) is 63.4 cm³/mol. The highest BCUT2D eigenvalue weighted by molar-refractivity contribution is 5.64. The first-order chi connectivity index (χ1) is 7.65. The second-order valence-electron chi connectivity index (χ2n) is 4.47. The first-order valence-corrected chi connectivity index (χ1v) is 5.56. The molecule has 0 spiro atoms. The molecule has 0 saturated heterocycles. The van der Waals surface area contributed by atoms with Crippen molar-refractivity contribution in [2.75, 3.05) is 11.5 Å². The smallest absolute Gasteiger partial charge is 0.120 e. The van der Waals surface area contributed by atoms with Gasteiger partial charge in [0.2, 0.25) is 0 Å². The summed E-state index contributed by atoms with van der Waals surface area (Å²) in [4.78, 5) is 7.01. The van der Waals surface area contributed by atoms with E-state index in [9.17, 15) is 5.11 Å². The minimum absolute atomic E-state index is 0.216. The zero-order valence-electron chi connectivity index (χ0n) is 9.68. The number of benzene rings is 1. The molecule has 1 atom stereocenters. The molecule has 0 bridgehead atoms. The number of anilines is 1. The molecule has 3 N–H and O–H groups in total. The number of hydrogen-bond acceptors (Lipinski definition) is 4. The zero-order valence-corrected chi connectivity index (χ0v) is 9.68. The van der Waals surface area contributed by atoms with Gasteiger partial charge in [-0.1, -0.05) is 6.07 Å².